The van der Waals surface area contributed by atoms with E-state index in [1.807, 2.05) is 6.92 Å². The monoisotopic (exact) mass is 257 g/mol. The van der Waals surface area contributed by atoms with E-state index in [-0.39, 0.29) is 30.4 Å². The fourth-order valence-corrected chi connectivity index (χ4v) is 1.73. The van der Waals surface area contributed by atoms with Crippen molar-refractivity contribution in [2.75, 3.05) is 19.7 Å². The Bertz CT molecular complexity index is 389. The molecule has 0 saturated carbocycles. The van der Waals surface area contributed by atoms with Crippen molar-refractivity contribution < 1.29 is 15.0 Å². The Hall–Kier alpha value is -1.26. The Morgan fingerprint density at radius 2 is 2.12 bits per heavy atom. The highest BCUT2D eigenvalue weighted by atomic mass is 35.5. The minimum atomic E-state index is -0.296. The molecule has 4 nitrogen and oxygen atoms in total. The molecule has 0 fully saturated rings. The van der Waals surface area contributed by atoms with E-state index in [0.29, 0.717) is 11.6 Å². The van der Waals surface area contributed by atoms with Crippen molar-refractivity contribution in [1.29, 1.82) is 0 Å². The number of amides is 1. The molecule has 94 valence electrons. The molecule has 0 aliphatic carbocycles. The SMILES string of the molecule is CCCN(CCO)C(=O)c1ccc(Cl)cc1O. The highest BCUT2D eigenvalue weighted by Crippen LogP contribution is 2.23. The molecule has 0 aromatic heterocycles. The number of benzene rings is 1. The molecule has 0 radical (unpaired) electrons. The van der Waals surface area contributed by atoms with E-state index >= 15 is 0 Å². The molecule has 2 N–H and O–H groups in total. The fourth-order valence-electron chi connectivity index (χ4n) is 1.56. The minimum Gasteiger partial charge on any atom is -0.507 e. The molecule has 0 saturated heterocycles. The summed E-state index contributed by atoms with van der Waals surface area (Å²) >= 11 is 5.70. The number of phenolic OH excluding ortho intramolecular Hbond substituents is 1. The smallest absolute Gasteiger partial charge is 0.257 e. The summed E-state index contributed by atoms with van der Waals surface area (Å²) in [5.41, 5.74) is 0.205. The molecule has 17 heavy (non-hydrogen) atoms. The number of halogens is 1. The second-order valence-electron chi connectivity index (χ2n) is 3.68. The second-order valence-corrected chi connectivity index (χ2v) is 4.11. The lowest BCUT2D eigenvalue weighted by Gasteiger charge is -2.21. The number of aliphatic hydroxyl groups is 1. The summed E-state index contributed by atoms with van der Waals surface area (Å²) in [5.74, 6) is -0.434. The van der Waals surface area contributed by atoms with Crippen molar-refractivity contribution in [2.45, 2.75) is 13.3 Å². The maximum Gasteiger partial charge on any atom is 0.257 e. The van der Waals surface area contributed by atoms with Crippen LogP contribution in [0.2, 0.25) is 5.02 Å². The Balaban J connectivity index is 2.92. The third-order valence-electron chi connectivity index (χ3n) is 2.34. The van der Waals surface area contributed by atoms with Crippen LogP contribution in [0, 0.1) is 0 Å². The first-order valence-electron chi connectivity index (χ1n) is 5.48. The van der Waals surface area contributed by atoms with Gasteiger partial charge in [0, 0.05) is 18.1 Å². The molecule has 1 aromatic carbocycles. The summed E-state index contributed by atoms with van der Waals surface area (Å²) in [6.07, 6.45) is 0.792. The highest BCUT2D eigenvalue weighted by molar-refractivity contribution is 6.30. The van der Waals surface area contributed by atoms with Crippen LogP contribution < -0.4 is 0 Å². The molecule has 0 heterocycles. The summed E-state index contributed by atoms with van der Waals surface area (Å²) in [4.78, 5) is 13.6. The van der Waals surface area contributed by atoms with Gasteiger partial charge in [0.05, 0.1) is 12.2 Å². The predicted molar refractivity (Wildman–Crippen MR) is 66.4 cm³/mol. The average Bonchev–Trinajstić information content (AvgIpc) is 2.28. The number of phenols is 1. The number of aromatic hydroxyl groups is 1. The van der Waals surface area contributed by atoms with Crippen molar-refractivity contribution in [3.05, 3.63) is 28.8 Å². The van der Waals surface area contributed by atoms with Crippen LogP contribution in [-0.2, 0) is 0 Å². The molecular formula is C12H16ClNO3. The fraction of sp³-hybridized carbons (Fsp3) is 0.417. The molecule has 1 aromatic rings. The van der Waals surface area contributed by atoms with E-state index < -0.39 is 0 Å². The van der Waals surface area contributed by atoms with Crippen LogP contribution in [0.5, 0.6) is 5.75 Å². The maximum atomic E-state index is 12.1. The number of hydrogen-bond acceptors (Lipinski definition) is 3. The topological polar surface area (TPSA) is 60.8 Å². The lowest BCUT2D eigenvalue weighted by Crippen LogP contribution is -2.34. The van der Waals surface area contributed by atoms with E-state index in [0.717, 1.165) is 6.42 Å². The van der Waals surface area contributed by atoms with Crippen molar-refractivity contribution in [2.24, 2.45) is 0 Å². The first kappa shape index (κ1) is 13.8. The molecular weight excluding hydrogens is 242 g/mol. The minimum absolute atomic E-state index is 0.0971. The first-order chi connectivity index (χ1) is 8.10. The van der Waals surface area contributed by atoms with Crippen molar-refractivity contribution >= 4 is 17.5 Å². The molecule has 1 amide bonds. The highest BCUT2D eigenvalue weighted by Gasteiger charge is 2.17. The Kier molecular flexibility index (Phi) is 5.25. The first-order valence-corrected chi connectivity index (χ1v) is 5.86. The van der Waals surface area contributed by atoms with Crippen LogP contribution in [0.15, 0.2) is 18.2 Å². The normalized spacial score (nSPS) is 10.3. The third-order valence-corrected chi connectivity index (χ3v) is 2.58. The predicted octanol–water partition coefficient (Wildman–Crippen LogP) is 1.89. The lowest BCUT2D eigenvalue weighted by atomic mass is 10.1. The molecule has 0 aliphatic rings. The van der Waals surface area contributed by atoms with Gasteiger partial charge in [0.2, 0.25) is 0 Å². The van der Waals surface area contributed by atoms with Gasteiger partial charge >= 0.3 is 0 Å². The molecule has 5 heteroatoms. The van der Waals surface area contributed by atoms with Gasteiger partial charge in [0.1, 0.15) is 5.75 Å². The van der Waals surface area contributed by atoms with E-state index in [1.54, 1.807) is 6.07 Å². The van der Waals surface area contributed by atoms with Gasteiger partial charge in [-0.1, -0.05) is 18.5 Å². The average molecular weight is 258 g/mol. The van der Waals surface area contributed by atoms with E-state index in [1.165, 1.54) is 17.0 Å². The van der Waals surface area contributed by atoms with Gasteiger partial charge in [-0.3, -0.25) is 4.79 Å². The summed E-state index contributed by atoms with van der Waals surface area (Å²) in [6, 6.07) is 4.37. The van der Waals surface area contributed by atoms with Gasteiger partial charge in [-0.05, 0) is 24.6 Å². The summed E-state index contributed by atoms with van der Waals surface area (Å²) in [6.45, 7) is 2.65. The zero-order valence-electron chi connectivity index (χ0n) is 9.69. The molecule has 0 atom stereocenters. The van der Waals surface area contributed by atoms with Crippen LogP contribution in [0.25, 0.3) is 0 Å². The number of aliphatic hydroxyl groups excluding tert-OH is 1. The van der Waals surface area contributed by atoms with Crippen LogP contribution in [0.1, 0.15) is 23.7 Å². The third kappa shape index (κ3) is 3.61. The van der Waals surface area contributed by atoms with Crippen molar-refractivity contribution in [3.63, 3.8) is 0 Å². The molecule has 1 rings (SSSR count). The standard InChI is InChI=1S/C12H16ClNO3/c1-2-5-14(6-7-15)12(17)10-4-3-9(13)8-11(10)16/h3-4,8,15-16H,2,5-7H2,1H3. The Morgan fingerprint density at radius 3 is 2.65 bits per heavy atom. The van der Waals surface area contributed by atoms with Crippen LogP contribution >= 0.6 is 11.6 Å². The molecule has 0 spiro atoms. The zero-order valence-corrected chi connectivity index (χ0v) is 10.4. The molecule has 0 aliphatic heterocycles. The molecule has 0 bridgehead atoms. The number of hydrogen-bond donors (Lipinski definition) is 2. The Morgan fingerprint density at radius 1 is 1.41 bits per heavy atom. The van der Waals surface area contributed by atoms with Gasteiger partial charge in [0.25, 0.3) is 5.91 Å². The van der Waals surface area contributed by atoms with Crippen LogP contribution in [-0.4, -0.2) is 40.7 Å². The summed E-state index contributed by atoms with van der Waals surface area (Å²) in [5, 5.41) is 18.9. The zero-order chi connectivity index (χ0) is 12.8. The number of carbonyl (C=O) groups is 1. The maximum absolute atomic E-state index is 12.1. The van der Waals surface area contributed by atoms with Crippen molar-refractivity contribution in [1.82, 2.24) is 4.90 Å². The Labute approximate surface area is 105 Å². The van der Waals surface area contributed by atoms with Gasteiger partial charge in [0.15, 0.2) is 0 Å². The largest absolute Gasteiger partial charge is 0.507 e. The van der Waals surface area contributed by atoms with E-state index in [4.69, 9.17) is 16.7 Å². The van der Waals surface area contributed by atoms with Gasteiger partial charge in [-0.25, -0.2) is 0 Å². The van der Waals surface area contributed by atoms with Gasteiger partial charge < -0.3 is 15.1 Å². The van der Waals surface area contributed by atoms with Crippen LogP contribution in [0.3, 0.4) is 0 Å². The van der Waals surface area contributed by atoms with E-state index in [9.17, 15) is 9.90 Å². The summed E-state index contributed by atoms with van der Waals surface area (Å²) in [7, 11) is 0. The lowest BCUT2D eigenvalue weighted by molar-refractivity contribution is 0.0719. The molecule has 0 unspecified atom stereocenters. The van der Waals surface area contributed by atoms with E-state index in [2.05, 4.69) is 0 Å². The van der Waals surface area contributed by atoms with Gasteiger partial charge in [-0.15, -0.1) is 0 Å². The van der Waals surface area contributed by atoms with Gasteiger partial charge in [-0.2, -0.15) is 0 Å². The van der Waals surface area contributed by atoms with Crippen molar-refractivity contribution in [3.8, 4) is 5.75 Å². The number of rotatable bonds is 5. The van der Waals surface area contributed by atoms with Crippen LogP contribution in [0.4, 0.5) is 0 Å². The second kappa shape index (κ2) is 6.47. The number of carbonyl (C=O) groups excluding carboxylic acids is 1. The quantitative estimate of drug-likeness (QED) is 0.847. The summed E-state index contributed by atoms with van der Waals surface area (Å²) < 4.78 is 0. The number of nitrogens with zero attached hydrogens (tertiary/aromatic N) is 1.